The van der Waals surface area contributed by atoms with Crippen LogP contribution in [0.15, 0.2) is 88.5 Å². The van der Waals surface area contributed by atoms with Gasteiger partial charge in [-0.2, -0.15) is 5.10 Å². The van der Waals surface area contributed by atoms with Crippen LogP contribution in [0, 0.1) is 13.8 Å². The second-order valence-electron chi connectivity index (χ2n) is 8.89. The van der Waals surface area contributed by atoms with Gasteiger partial charge in [-0.3, -0.25) is 9.59 Å². The van der Waals surface area contributed by atoms with Crippen LogP contribution in [-0.4, -0.2) is 27.2 Å². The molecular weight excluding hydrogens is 482 g/mol. The van der Waals surface area contributed by atoms with Crippen molar-refractivity contribution in [1.82, 2.24) is 14.6 Å². The van der Waals surface area contributed by atoms with E-state index in [-0.39, 0.29) is 18.9 Å². The maximum absolute atomic E-state index is 12.5. The van der Waals surface area contributed by atoms with Crippen LogP contribution in [-0.2, 0) is 17.9 Å². The van der Waals surface area contributed by atoms with Gasteiger partial charge < -0.3 is 24.0 Å². The van der Waals surface area contributed by atoms with E-state index in [1.807, 2.05) is 48.5 Å². The predicted molar refractivity (Wildman–Crippen MR) is 144 cm³/mol. The van der Waals surface area contributed by atoms with Crippen LogP contribution < -0.4 is 15.9 Å². The normalized spacial score (nSPS) is 11.3. The lowest BCUT2D eigenvalue weighted by molar-refractivity contribution is -0.118. The average molecular weight is 510 g/mol. The van der Waals surface area contributed by atoms with E-state index in [4.69, 9.17) is 14.9 Å². The molecule has 0 aliphatic carbocycles. The van der Waals surface area contributed by atoms with Gasteiger partial charge in [-0.1, -0.05) is 18.2 Å². The summed E-state index contributed by atoms with van der Waals surface area (Å²) in [5.74, 6) is 0.383. The fourth-order valence-electron chi connectivity index (χ4n) is 4.39. The van der Waals surface area contributed by atoms with Gasteiger partial charge in [-0.05, 0) is 68.4 Å². The van der Waals surface area contributed by atoms with E-state index in [2.05, 4.69) is 41.1 Å². The number of aromatic nitrogens is 2. The number of benzene rings is 2. The Labute approximate surface area is 219 Å². The molecule has 3 aromatic heterocycles. The van der Waals surface area contributed by atoms with Gasteiger partial charge in [0, 0.05) is 39.7 Å². The first kappa shape index (κ1) is 24.6. The Bertz CT molecular complexity index is 1620. The maximum atomic E-state index is 12.5. The van der Waals surface area contributed by atoms with Crippen molar-refractivity contribution >= 4 is 28.9 Å². The monoisotopic (exact) mass is 509 g/mol. The zero-order valence-corrected chi connectivity index (χ0v) is 21.0. The van der Waals surface area contributed by atoms with Crippen LogP contribution in [0.2, 0.25) is 0 Å². The van der Waals surface area contributed by atoms with Crippen LogP contribution >= 0.6 is 0 Å². The summed E-state index contributed by atoms with van der Waals surface area (Å²) in [7, 11) is 0. The number of hydrazone groups is 1. The number of furan rings is 1. The van der Waals surface area contributed by atoms with Gasteiger partial charge in [0.1, 0.15) is 24.7 Å². The first-order valence-corrected chi connectivity index (χ1v) is 12.1. The van der Waals surface area contributed by atoms with Crippen molar-refractivity contribution in [3.05, 3.63) is 107 Å². The van der Waals surface area contributed by atoms with Crippen molar-refractivity contribution in [2.45, 2.75) is 27.0 Å². The fraction of sp³-hybridized carbons (Fsp3) is 0.138. The second-order valence-corrected chi connectivity index (χ2v) is 8.89. The Morgan fingerprint density at radius 3 is 2.47 bits per heavy atom. The number of carbonyl (C=O) groups excluding carboxylic acids is 2. The molecule has 0 unspecified atom stereocenters. The van der Waals surface area contributed by atoms with Gasteiger partial charge in [-0.15, -0.1) is 0 Å². The van der Waals surface area contributed by atoms with Crippen LogP contribution in [0.25, 0.3) is 16.6 Å². The van der Waals surface area contributed by atoms with E-state index >= 15 is 0 Å². The van der Waals surface area contributed by atoms with Gasteiger partial charge in [0.25, 0.3) is 0 Å². The lowest BCUT2D eigenvalue weighted by Crippen LogP contribution is -2.18. The molecule has 2 aromatic carbocycles. The van der Waals surface area contributed by atoms with Crippen molar-refractivity contribution in [3.8, 4) is 11.4 Å². The Morgan fingerprint density at radius 1 is 1.00 bits per heavy atom. The highest BCUT2D eigenvalue weighted by molar-refractivity contribution is 6.00. The first-order chi connectivity index (χ1) is 18.4. The molecular formula is C29H27N5O4. The molecule has 0 spiro atoms. The zero-order chi connectivity index (χ0) is 26.6. The number of hydrogen-bond donors (Lipinski definition) is 2. The van der Waals surface area contributed by atoms with Gasteiger partial charge in [0.15, 0.2) is 5.76 Å². The van der Waals surface area contributed by atoms with E-state index < -0.39 is 11.8 Å². The number of ether oxygens (including phenoxy) is 1. The van der Waals surface area contributed by atoms with E-state index in [1.165, 1.54) is 6.21 Å². The number of primary amides is 1. The highest BCUT2D eigenvalue weighted by Gasteiger charge is 2.12. The number of nitrogens with one attached hydrogen (secondary N) is 1. The molecule has 0 atom stereocenters. The third-order valence-corrected chi connectivity index (χ3v) is 6.15. The molecule has 3 heterocycles. The summed E-state index contributed by atoms with van der Waals surface area (Å²) < 4.78 is 15.4. The number of nitrogens with two attached hydrogens (primary N) is 1. The molecule has 2 amide bonds. The Balaban J connectivity index is 1.18. The summed E-state index contributed by atoms with van der Waals surface area (Å²) >= 11 is 0. The number of rotatable bonds is 9. The number of aryl methyl sites for hydroxylation is 2. The molecule has 0 bridgehead atoms. The number of amides is 2. The third kappa shape index (κ3) is 5.22. The summed E-state index contributed by atoms with van der Waals surface area (Å²) in [5.41, 5.74) is 12.8. The summed E-state index contributed by atoms with van der Waals surface area (Å²) in [6, 6.07) is 22.8. The lowest BCUT2D eigenvalue weighted by atomic mass is 10.2. The lowest BCUT2D eigenvalue weighted by Gasteiger charge is -2.10. The number of fused-ring (bicyclic) bond motifs is 1. The minimum absolute atomic E-state index is 0.0502. The van der Waals surface area contributed by atoms with Crippen LogP contribution in [0.1, 0.15) is 33.3 Å². The number of para-hydroxylation sites is 1. The second kappa shape index (κ2) is 10.5. The largest absolute Gasteiger partial charge is 0.486 e. The molecule has 0 saturated carbocycles. The minimum Gasteiger partial charge on any atom is -0.486 e. The SMILES string of the molecule is Cc1ccc(C)n1-c1ccc(OCc2ccc(C(=O)N/N=C/c3cn(CC(N)=O)c4ccccc34)o2)cc1. The molecule has 5 rings (SSSR count). The topological polar surface area (TPSA) is 117 Å². The van der Waals surface area contributed by atoms with E-state index in [1.54, 1.807) is 22.9 Å². The number of hydrogen-bond acceptors (Lipinski definition) is 5. The molecule has 9 heteroatoms. The van der Waals surface area contributed by atoms with E-state index in [9.17, 15) is 9.59 Å². The Morgan fingerprint density at radius 2 is 1.74 bits per heavy atom. The van der Waals surface area contributed by atoms with Crippen LogP contribution in [0.3, 0.4) is 0 Å². The van der Waals surface area contributed by atoms with Crippen molar-refractivity contribution in [1.29, 1.82) is 0 Å². The summed E-state index contributed by atoms with van der Waals surface area (Å²) in [4.78, 5) is 23.9. The van der Waals surface area contributed by atoms with Gasteiger partial charge >= 0.3 is 5.91 Å². The highest BCUT2D eigenvalue weighted by atomic mass is 16.5. The highest BCUT2D eigenvalue weighted by Crippen LogP contribution is 2.22. The molecule has 0 aliphatic rings. The van der Waals surface area contributed by atoms with Gasteiger partial charge in [0.05, 0.1) is 6.21 Å². The molecule has 0 radical (unpaired) electrons. The van der Waals surface area contributed by atoms with Crippen molar-refractivity contribution in [3.63, 3.8) is 0 Å². The molecule has 0 fully saturated rings. The molecule has 5 aromatic rings. The van der Waals surface area contributed by atoms with Crippen LogP contribution in [0.4, 0.5) is 0 Å². The molecule has 3 N–H and O–H groups in total. The smallest absolute Gasteiger partial charge is 0.307 e. The molecule has 38 heavy (non-hydrogen) atoms. The third-order valence-electron chi connectivity index (χ3n) is 6.15. The summed E-state index contributed by atoms with van der Waals surface area (Å²) in [6.07, 6.45) is 3.28. The molecule has 0 saturated heterocycles. The predicted octanol–water partition coefficient (Wildman–Crippen LogP) is 4.47. The van der Waals surface area contributed by atoms with E-state index in [0.717, 1.165) is 33.5 Å². The maximum Gasteiger partial charge on any atom is 0.307 e. The Kier molecular flexibility index (Phi) is 6.82. The first-order valence-electron chi connectivity index (χ1n) is 12.1. The average Bonchev–Trinajstić information content (AvgIpc) is 3.61. The van der Waals surface area contributed by atoms with Gasteiger partial charge in [-0.25, -0.2) is 5.43 Å². The zero-order valence-electron chi connectivity index (χ0n) is 21.0. The molecule has 9 nitrogen and oxygen atoms in total. The molecule has 0 aliphatic heterocycles. The Hall–Kier alpha value is -5.05. The van der Waals surface area contributed by atoms with E-state index in [0.29, 0.717) is 11.5 Å². The minimum atomic E-state index is -0.491. The quantitative estimate of drug-likeness (QED) is 0.225. The summed E-state index contributed by atoms with van der Waals surface area (Å²) in [6.45, 7) is 4.36. The fourth-order valence-corrected chi connectivity index (χ4v) is 4.39. The van der Waals surface area contributed by atoms with Crippen molar-refractivity contribution in [2.75, 3.05) is 0 Å². The van der Waals surface area contributed by atoms with Crippen LogP contribution in [0.5, 0.6) is 5.75 Å². The van der Waals surface area contributed by atoms with Crippen molar-refractivity contribution in [2.24, 2.45) is 10.8 Å². The number of carbonyl (C=O) groups is 2. The van der Waals surface area contributed by atoms with Gasteiger partial charge in [0.2, 0.25) is 5.91 Å². The summed E-state index contributed by atoms with van der Waals surface area (Å²) in [5, 5.41) is 4.94. The van der Waals surface area contributed by atoms with Crippen molar-refractivity contribution < 1.29 is 18.7 Å². The molecule has 192 valence electrons. The number of nitrogens with zero attached hydrogens (tertiary/aromatic N) is 3. The standard InChI is InChI=1S/C29H27N5O4/c1-19-7-8-20(2)34(19)22-9-11-23(12-10-22)37-18-24-13-14-27(38-24)29(36)32-31-15-21-16-33(17-28(30)35)26-6-4-3-5-25(21)26/h3-16H,17-18H2,1-2H3,(H2,30,35)(H,32,36)/b31-15+.